The average molecular weight is 998 g/mol. The zero-order valence-corrected chi connectivity index (χ0v) is 43.1. The Bertz CT molecular complexity index is 2850. The van der Waals surface area contributed by atoms with Crippen LogP contribution in [-0.4, -0.2) is 75.3 Å². The number of imidazole rings is 2. The number of hydrogen-bond acceptors (Lipinski definition) is 9. The van der Waals surface area contributed by atoms with Gasteiger partial charge in [-0.05, 0) is 130 Å². The molecule has 7 aromatic rings. The summed E-state index contributed by atoms with van der Waals surface area (Å²) in [6.45, 7) is 10.4. The Labute approximate surface area is 424 Å². The standard InChI is InChI=1S/C37H49N3O2.C21H23N2O6P/c1-4-7-8-9-10-11-12-13-14-18-21-34-36(29-22-24-30(25-23-29)39(5-2)6-3)40(31-19-16-15-17-20-31)37(38-34)33-27-26-32(41)28-35(33)42;1-13-19(14-4-6-18(25)7-5-14)23-21(22-13)17-11-15(3-2-9-24)20(26)16(12-17)8-10-30(27,28)29/h15-17,19-20,22-28,41-42H,4-14,18,21H2,1-3H3;4-7,9,11-12,25-26H,2-3,8,10H2,1H3,(H,22,23)(H2,27,28,29). The second-order valence-corrected chi connectivity index (χ2v) is 20.1. The number of anilines is 1. The number of para-hydroxylation sites is 1. The average Bonchev–Trinajstić information content (AvgIpc) is 3.95. The van der Waals surface area contributed by atoms with Gasteiger partial charge < -0.3 is 44.9 Å². The van der Waals surface area contributed by atoms with Crippen molar-refractivity contribution < 1.29 is 39.6 Å². The van der Waals surface area contributed by atoms with E-state index in [-0.39, 0.29) is 35.8 Å². The zero-order valence-electron chi connectivity index (χ0n) is 42.2. The minimum absolute atomic E-state index is 0.0114. The Hall–Kier alpha value is -6.66. The summed E-state index contributed by atoms with van der Waals surface area (Å²) in [6.07, 6.45) is 14.6. The molecule has 0 saturated carbocycles. The van der Waals surface area contributed by atoms with Gasteiger partial charge in [-0.15, -0.1) is 0 Å². The second kappa shape index (κ2) is 26.7. The Balaban J connectivity index is 0.000000249. The van der Waals surface area contributed by atoms with E-state index < -0.39 is 13.8 Å². The number of benzene rings is 5. The number of aromatic hydroxyl groups is 4. The van der Waals surface area contributed by atoms with Gasteiger partial charge in [0.25, 0.3) is 0 Å². The lowest BCUT2D eigenvalue weighted by atomic mass is 9.99. The van der Waals surface area contributed by atoms with E-state index in [1.165, 1.54) is 69.5 Å². The molecular formula is C58H72N5O8P. The predicted octanol–water partition coefficient (Wildman–Crippen LogP) is 13.2. The largest absolute Gasteiger partial charge is 0.508 e. The van der Waals surface area contributed by atoms with Crippen molar-refractivity contribution >= 4 is 19.6 Å². The first kappa shape index (κ1) is 54.7. The molecule has 0 aliphatic rings. The molecule has 13 nitrogen and oxygen atoms in total. The van der Waals surface area contributed by atoms with Crippen LogP contribution in [0.4, 0.5) is 5.69 Å². The fourth-order valence-electron chi connectivity index (χ4n) is 9.11. The van der Waals surface area contributed by atoms with E-state index in [0.717, 1.165) is 66.1 Å². The number of nitrogens with one attached hydrogen (secondary N) is 1. The van der Waals surface area contributed by atoms with E-state index >= 15 is 0 Å². The molecular weight excluding hydrogens is 926 g/mol. The van der Waals surface area contributed by atoms with E-state index in [1.807, 2.05) is 25.1 Å². The summed E-state index contributed by atoms with van der Waals surface area (Å²) >= 11 is 0. The molecule has 0 atom stereocenters. The van der Waals surface area contributed by atoms with E-state index in [9.17, 15) is 39.6 Å². The normalized spacial score (nSPS) is 11.4. The maximum atomic E-state index is 11.3. The molecule has 72 heavy (non-hydrogen) atoms. The lowest BCUT2D eigenvalue weighted by molar-refractivity contribution is -0.107. The first-order valence-corrected chi connectivity index (χ1v) is 27.3. The van der Waals surface area contributed by atoms with Crippen LogP contribution >= 0.6 is 7.60 Å². The Morgan fingerprint density at radius 3 is 1.85 bits per heavy atom. The molecule has 2 heterocycles. The number of aldehydes is 1. The van der Waals surface area contributed by atoms with Crippen LogP contribution in [0.15, 0.2) is 109 Å². The van der Waals surface area contributed by atoms with Gasteiger partial charge in [0, 0.05) is 59.3 Å². The van der Waals surface area contributed by atoms with Crippen LogP contribution in [0.3, 0.4) is 0 Å². The Morgan fingerprint density at radius 1 is 0.653 bits per heavy atom. The van der Waals surface area contributed by atoms with Crippen LogP contribution in [0, 0.1) is 6.92 Å². The summed E-state index contributed by atoms with van der Waals surface area (Å²) < 4.78 is 13.5. The monoisotopic (exact) mass is 998 g/mol. The third-order valence-electron chi connectivity index (χ3n) is 13.0. The number of hydrogen-bond donors (Lipinski definition) is 7. The van der Waals surface area contributed by atoms with Crippen molar-refractivity contribution in [3.05, 3.63) is 132 Å². The molecule has 382 valence electrons. The molecule has 14 heteroatoms. The van der Waals surface area contributed by atoms with Gasteiger partial charge >= 0.3 is 7.60 Å². The smallest absolute Gasteiger partial charge is 0.325 e. The number of aromatic nitrogens is 4. The van der Waals surface area contributed by atoms with Crippen molar-refractivity contribution in [2.75, 3.05) is 24.2 Å². The fourth-order valence-corrected chi connectivity index (χ4v) is 9.64. The number of aromatic amines is 1. The number of aryl methyl sites for hydroxylation is 4. The highest BCUT2D eigenvalue weighted by atomic mass is 31.2. The van der Waals surface area contributed by atoms with Crippen LogP contribution in [0.2, 0.25) is 0 Å². The lowest BCUT2D eigenvalue weighted by Crippen LogP contribution is -2.21. The van der Waals surface area contributed by atoms with Gasteiger partial charge in [-0.3, -0.25) is 9.13 Å². The number of rotatable bonds is 25. The molecule has 0 saturated heterocycles. The van der Waals surface area contributed by atoms with Crippen LogP contribution in [0.1, 0.15) is 114 Å². The first-order chi connectivity index (χ1) is 34.7. The molecule has 0 fully saturated rings. The summed E-state index contributed by atoms with van der Waals surface area (Å²) in [5.74, 6) is 1.36. The number of phenols is 4. The van der Waals surface area contributed by atoms with Gasteiger partial charge in [0.05, 0.1) is 28.8 Å². The van der Waals surface area contributed by atoms with Crippen molar-refractivity contribution in [1.82, 2.24) is 19.5 Å². The van der Waals surface area contributed by atoms with E-state index in [2.05, 4.69) is 76.6 Å². The summed E-state index contributed by atoms with van der Waals surface area (Å²) in [4.78, 5) is 44.6. The molecule has 0 radical (unpaired) electrons. The molecule has 5 aromatic carbocycles. The number of nitrogens with zero attached hydrogens (tertiary/aromatic N) is 4. The highest BCUT2D eigenvalue weighted by molar-refractivity contribution is 7.51. The molecule has 0 amide bonds. The van der Waals surface area contributed by atoms with Crippen molar-refractivity contribution in [2.24, 2.45) is 0 Å². The van der Waals surface area contributed by atoms with Gasteiger partial charge in [0.15, 0.2) is 0 Å². The lowest BCUT2D eigenvalue weighted by Gasteiger charge is -2.21. The number of unbranched alkanes of at least 4 members (excludes halogenated alkanes) is 9. The van der Waals surface area contributed by atoms with E-state index in [0.29, 0.717) is 46.0 Å². The maximum Gasteiger partial charge on any atom is 0.325 e. The number of carbonyl (C=O) groups excluding carboxylic acids is 1. The van der Waals surface area contributed by atoms with Crippen molar-refractivity contribution in [1.29, 1.82) is 0 Å². The number of H-pyrrole nitrogens is 1. The Morgan fingerprint density at radius 2 is 1.25 bits per heavy atom. The molecule has 7 rings (SSSR count). The summed E-state index contributed by atoms with van der Waals surface area (Å²) in [5.41, 5.74) is 9.86. The molecule has 0 unspecified atom stereocenters. The van der Waals surface area contributed by atoms with E-state index in [1.54, 1.807) is 48.5 Å². The minimum Gasteiger partial charge on any atom is -0.508 e. The van der Waals surface area contributed by atoms with Crippen molar-refractivity contribution in [3.8, 4) is 74.0 Å². The molecule has 7 N–H and O–H groups in total. The van der Waals surface area contributed by atoms with Gasteiger partial charge in [0.2, 0.25) is 0 Å². The summed E-state index contributed by atoms with van der Waals surface area (Å²) in [6, 6.07) is 33.8. The molecule has 0 aliphatic heterocycles. The number of phenolic OH excluding ortho intramolecular Hbond substituents is 4. The highest BCUT2D eigenvalue weighted by Crippen LogP contribution is 2.41. The van der Waals surface area contributed by atoms with Gasteiger partial charge in [-0.25, -0.2) is 9.97 Å². The van der Waals surface area contributed by atoms with Gasteiger partial charge in [-0.1, -0.05) is 95.0 Å². The van der Waals surface area contributed by atoms with Gasteiger partial charge in [0.1, 0.15) is 40.9 Å². The Kier molecular flexibility index (Phi) is 20.3. The zero-order chi connectivity index (χ0) is 51.6. The quantitative estimate of drug-likeness (QED) is 0.0163. The first-order valence-electron chi connectivity index (χ1n) is 25.5. The fraction of sp³-hybridized carbons (Fsp3) is 0.362. The summed E-state index contributed by atoms with van der Waals surface area (Å²) in [7, 11) is -4.23. The highest BCUT2D eigenvalue weighted by Gasteiger charge is 2.24. The van der Waals surface area contributed by atoms with Crippen LogP contribution in [-0.2, 0) is 28.6 Å². The predicted molar refractivity (Wildman–Crippen MR) is 289 cm³/mol. The van der Waals surface area contributed by atoms with Crippen molar-refractivity contribution in [2.45, 2.75) is 118 Å². The summed E-state index contributed by atoms with van der Waals surface area (Å²) in [5, 5.41) is 40.9. The number of carbonyl (C=O) groups is 1. The molecule has 0 spiro atoms. The van der Waals surface area contributed by atoms with Crippen LogP contribution < -0.4 is 4.90 Å². The topological polar surface area (TPSA) is 205 Å². The maximum absolute atomic E-state index is 11.3. The molecule has 0 aliphatic carbocycles. The molecule has 0 bridgehead atoms. The second-order valence-electron chi connectivity index (χ2n) is 18.3. The van der Waals surface area contributed by atoms with Gasteiger partial charge in [-0.2, -0.15) is 0 Å². The minimum atomic E-state index is -4.23. The third-order valence-corrected chi connectivity index (χ3v) is 13.8. The van der Waals surface area contributed by atoms with E-state index in [4.69, 9.17) is 4.98 Å². The van der Waals surface area contributed by atoms with Crippen LogP contribution in [0.25, 0.3) is 51.0 Å². The van der Waals surface area contributed by atoms with Crippen molar-refractivity contribution in [3.63, 3.8) is 0 Å². The van der Waals surface area contributed by atoms with Crippen LogP contribution in [0.5, 0.6) is 23.0 Å². The SMILES string of the molecule is CCCCCCCCCCCCc1nc(-c2ccc(O)cc2O)n(-c2ccccc2)c1-c1ccc(N(CC)CC)cc1.Cc1[nH]c(-c2cc(CCC=O)c(O)c(CCP(=O)(O)O)c2)nc1-c1ccc(O)cc1. The third kappa shape index (κ3) is 14.9. The molecule has 2 aromatic heterocycles.